The molecule has 0 unspecified atom stereocenters. The minimum absolute atomic E-state index is 0.157. The highest BCUT2D eigenvalue weighted by atomic mass is 32.1. The summed E-state index contributed by atoms with van der Waals surface area (Å²) in [5.41, 5.74) is 2.19. The lowest BCUT2D eigenvalue weighted by Gasteiger charge is -2.08. The maximum absolute atomic E-state index is 12.8. The molecule has 8 heteroatoms. The Balaban J connectivity index is 1.67. The van der Waals surface area contributed by atoms with Crippen molar-refractivity contribution >= 4 is 39.1 Å². The van der Waals surface area contributed by atoms with E-state index in [2.05, 4.69) is 20.3 Å². The van der Waals surface area contributed by atoms with E-state index in [0.717, 1.165) is 10.2 Å². The van der Waals surface area contributed by atoms with E-state index in [9.17, 15) is 9.59 Å². The van der Waals surface area contributed by atoms with Gasteiger partial charge in [0.1, 0.15) is 10.7 Å². The summed E-state index contributed by atoms with van der Waals surface area (Å²) in [6.45, 7) is 0. The van der Waals surface area contributed by atoms with Gasteiger partial charge in [-0.15, -0.1) is 11.3 Å². The molecule has 0 bridgehead atoms. The Bertz CT molecular complexity index is 1160. The van der Waals surface area contributed by atoms with Crippen LogP contribution in [0.4, 0.5) is 5.69 Å². The number of carbonyl (C=O) groups is 2. The zero-order valence-electron chi connectivity index (χ0n) is 14.7. The molecule has 2 aromatic heterocycles. The highest BCUT2D eigenvalue weighted by molar-refractivity contribution is 7.21. The third-order valence-electron chi connectivity index (χ3n) is 3.95. The topological polar surface area (TPSA) is 94.1 Å². The fourth-order valence-corrected chi connectivity index (χ4v) is 3.63. The lowest BCUT2D eigenvalue weighted by molar-refractivity contribution is 0.0600. The van der Waals surface area contributed by atoms with E-state index in [-0.39, 0.29) is 5.69 Å². The van der Waals surface area contributed by atoms with Gasteiger partial charge in [0.15, 0.2) is 5.69 Å². The molecule has 0 aliphatic carbocycles. The summed E-state index contributed by atoms with van der Waals surface area (Å²) in [5.74, 6) is -0.921. The number of carbonyl (C=O) groups excluding carboxylic acids is 2. The number of methoxy groups -OCH3 is 1. The van der Waals surface area contributed by atoms with Gasteiger partial charge in [0, 0.05) is 18.1 Å². The predicted molar refractivity (Wildman–Crippen MR) is 106 cm³/mol. The van der Waals surface area contributed by atoms with Crippen molar-refractivity contribution in [2.45, 2.75) is 0 Å². The third kappa shape index (κ3) is 3.45. The summed E-state index contributed by atoms with van der Waals surface area (Å²) in [6.07, 6.45) is 2.98. The standard InChI is InChI=1S/C20H14N4O3S/c1-27-20(26)12-5-4-6-13(11-12)23-18(25)16-17(22-10-9-21-16)19-24-14-7-2-3-8-15(14)28-19/h2-11H,1H3,(H,23,25). The van der Waals surface area contributed by atoms with Crippen LogP contribution in [0.15, 0.2) is 60.9 Å². The normalized spacial score (nSPS) is 10.6. The minimum Gasteiger partial charge on any atom is -0.465 e. The molecule has 0 atom stereocenters. The van der Waals surface area contributed by atoms with E-state index in [1.807, 2.05) is 24.3 Å². The van der Waals surface area contributed by atoms with Crippen LogP contribution in [0.2, 0.25) is 0 Å². The van der Waals surface area contributed by atoms with Gasteiger partial charge in [-0.25, -0.2) is 19.7 Å². The molecule has 138 valence electrons. The highest BCUT2D eigenvalue weighted by Crippen LogP contribution is 2.30. The predicted octanol–water partition coefficient (Wildman–Crippen LogP) is 3.79. The van der Waals surface area contributed by atoms with Gasteiger partial charge in [-0.1, -0.05) is 18.2 Å². The fourth-order valence-electron chi connectivity index (χ4n) is 2.67. The molecule has 0 spiro atoms. The van der Waals surface area contributed by atoms with E-state index in [1.165, 1.54) is 36.9 Å². The molecule has 0 aliphatic rings. The molecule has 7 nitrogen and oxygen atoms in total. The average molecular weight is 390 g/mol. The van der Waals surface area contributed by atoms with Gasteiger partial charge in [0.2, 0.25) is 0 Å². The lowest BCUT2D eigenvalue weighted by atomic mass is 10.2. The Hall–Kier alpha value is -3.65. The van der Waals surface area contributed by atoms with Gasteiger partial charge in [-0.2, -0.15) is 0 Å². The van der Waals surface area contributed by atoms with E-state index < -0.39 is 11.9 Å². The van der Waals surface area contributed by atoms with Crippen molar-refractivity contribution in [3.63, 3.8) is 0 Å². The summed E-state index contributed by atoms with van der Waals surface area (Å²) < 4.78 is 5.71. The number of thiazole rings is 1. The summed E-state index contributed by atoms with van der Waals surface area (Å²) in [5, 5.41) is 3.36. The number of nitrogens with zero attached hydrogens (tertiary/aromatic N) is 3. The first-order valence-electron chi connectivity index (χ1n) is 8.32. The number of para-hydroxylation sites is 1. The first-order chi connectivity index (χ1) is 13.7. The smallest absolute Gasteiger partial charge is 0.337 e. The van der Waals surface area contributed by atoms with Crippen molar-refractivity contribution in [2.75, 3.05) is 12.4 Å². The van der Waals surface area contributed by atoms with Crippen LogP contribution < -0.4 is 5.32 Å². The molecule has 0 radical (unpaired) electrons. The summed E-state index contributed by atoms with van der Waals surface area (Å²) in [4.78, 5) is 37.6. The Kier molecular flexibility index (Phi) is 4.77. The Morgan fingerprint density at radius 1 is 1.04 bits per heavy atom. The molecule has 1 amide bonds. The van der Waals surface area contributed by atoms with Crippen molar-refractivity contribution in [3.8, 4) is 10.7 Å². The molecule has 0 saturated heterocycles. The van der Waals surface area contributed by atoms with Gasteiger partial charge in [0.05, 0.1) is 22.9 Å². The van der Waals surface area contributed by atoms with Gasteiger partial charge >= 0.3 is 5.97 Å². The van der Waals surface area contributed by atoms with Crippen LogP contribution in [0.3, 0.4) is 0 Å². The second-order valence-electron chi connectivity index (χ2n) is 5.77. The molecule has 1 N–H and O–H groups in total. The minimum atomic E-state index is -0.481. The van der Waals surface area contributed by atoms with Crippen LogP contribution in [-0.4, -0.2) is 33.9 Å². The third-order valence-corrected chi connectivity index (χ3v) is 4.99. The number of hydrogen-bond acceptors (Lipinski definition) is 7. The maximum Gasteiger partial charge on any atom is 0.337 e. The van der Waals surface area contributed by atoms with Gasteiger partial charge in [-0.05, 0) is 30.3 Å². The van der Waals surface area contributed by atoms with Crippen LogP contribution >= 0.6 is 11.3 Å². The zero-order chi connectivity index (χ0) is 19.5. The molecule has 4 aromatic rings. The number of esters is 1. The molecule has 0 fully saturated rings. The quantitative estimate of drug-likeness (QED) is 0.533. The Morgan fingerprint density at radius 3 is 2.68 bits per heavy atom. The number of rotatable bonds is 4. The summed E-state index contributed by atoms with van der Waals surface area (Å²) in [6, 6.07) is 14.2. The number of amides is 1. The van der Waals surface area contributed by atoms with Crippen molar-refractivity contribution < 1.29 is 14.3 Å². The van der Waals surface area contributed by atoms with E-state index in [4.69, 9.17) is 4.74 Å². The molecule has 0 aliphatic heterocycles. The fraction of sp³-hybridized carbons (Fsp3) is 0.0500. The molecule has 0 saturated carbocycles. The second-order valence-corrected chi connectivity index (χ2v) is 6.80. The maximum atomic E-state index is 12.8. The van der Waals surface area contributed by atoms with Crippen LogP contribution in [0.1, 0.15) is 20.8 Å². The van der Waals surface area contributed by atoms with Crippen LogP contribution in [0, 0.1) is 0 Å². The van der Waals surface area contributed by atoms with Gasteiger partial charge < -0.3 is 10.1 Å². The molecule has 28 heavy (non-hydrogen) atoms. The van der Waals surface area contributed by atoms with Crippen LogP contribution in [0.5, 0.6) is 0 Å². The monoisotopic (exact) mass is 390 g/mol. The molecule has 4 rings (SSSR count). The summed E-state index contributed by atoms with van der Waals surface area (Å²) in [7, 11) is 1.30. The van der Waals surface area contributed by atoms with Crippen molar-refractivity contribution in [3.05, 3.63) is 72.2 Å². The van der Waals surface area contributed by atoms with Crippen molar-refractivity contribution in [1.29, 1.82) is 0 Å². The molecular formula is C20H14N4O3S. The lowest BCUT2D eigenvalue weighted by Crippen LogP contribution is -2.16. The first kappa shape index (κ1) is 17.7. The van der Waals surface area contributed by atoms with Gasteiger partial charge in [0.25, 0.3) is 5.91 Å². The zero-order valence-corrected chi connectivity index (χ0v) is 15.6. The molecular weight excluding hydrogens is 376 g/mol. The second kappa shape index (κ2) is 7.53. The largest absolute Gasteiger partial charge is 0.465 e. The van der Waals surface area contributed by atoms with E-state index in [0.29, 0.717) is 22.0 Å². The van der Waals surface area contributed by atoms with Crippen molar-refractivity contribution in [1.82, 2.24) is 15.0 Å². The molecule has 2 heterocycles. The number of hydrogen-bond donors (Lipinski definition) is 1. The van der Waals surface area contributed by atoms with Gasteiger partial charge in [-0.3, -0.25) is 4.79 Å². The van der Waals surface area contributed by atoms with E-state index >= 15 is 0 Å². The Morgan fingerprint density at radius 2 is 1.86 bits per heavy atom. The van der Waals surface area contributed by atoms with E-state index in [1.54, 1.807) is 18.2 Å². The number of aromatic nitrogens is 3. The average Bonchev–Trinajstić information content (AvgIpc) is 3.17. The number of fused-ring (bicyclic) bond motifs is 1. The number of anilines is 1. The first-order valence-corrected chi connectivity index (χ1v) is 9.14. The SMILES string of the molecule is COC(=O)c1cccc(NC(=O)c2nccnc2-c2nc3ccccc3s2)c1. The Labute approximate surface area is 164 Å². The van der Waals surface area contributed by atoms with Crippen LogP contribution in [-0.2, 0) is 4.74 Å². The van der Waals surface area contributed by atoms with Crippen molar-refractivity contribution in [2.24, 2.45) is 0 Å². The summed E-state index contributed by atoms with van der Waals surface area (Å²) >= 11 is 1.44. The highest BCUT2D eigenvalue weighted by Gasteiger charge is 2.19. The number of ether oxygens (including phenoxy) is 1. The number of nitrogens with one attached hydrogen (secondary N) is 1. The number of benzene rings is 2. The molecule has 2 aromatic carbocycles. The van der Waals surface area contributed by atoms with Crippen LogP contribution in [0.25, 0.3) is 20.9 Å².